The van der Waals surface area contributed by atoms with Gasteiger partial charge in [-0.3, -0.25) is 9.78 Å². The molecule has 1 aromatic heterocycles. The molecule has 0 N–H and O–H groups in total. The van der Waals surface area contributed by atoms with Crippen LogP contribution in [0.3, 0.4) is 0 Å². The number of pyridine rings is 1. The Balaban J connectivity index is 1.60. The number of fused-ring (bicyclic) bond motifs is 1. The summed E-state index contributed by atoms with van der Waals surface area (Å²) >= 11 is 6.43. The first-order chi connectivity index (χ1) is 20.1. The first-order valence-electron chi connectivity index (χ1n) is 13.2. The van der Waals surface area contributed by atoms with Crippen LogP contribution in [0.2, 0.25) is 5.02 Å². The van der Waals surface area contributed by atoms with Gasteiger partial charge in [0.25, 0.3) is 0 Å². The fraction of sp³-hybridized carbons (Fsp3) is 0.290. The number of nitrogens with zero attached hydrogens (tertiary/aromatic N) is 1. The number of hydrogen-bond donors (Lipinski definition) is 0. The Hall–Kier alpha value is -4.18. The molecule has 0 amide bonds. The van der Waals surface area contributed by atoms with E-state index in [2.05, 4.69) is 11.7 Å². The molecule has 222 valence electrons. The van der Waals surface area contributed by atoms with Crippen molar-refractivity contribution in [3.05, 3.63) is 71.4 Å². The lowest BCUT2D eigenvalue weighted by atomic mass is 10.00. The molecule has 42 heavy (non-hydrogen) atoms. The van der Waals surface area contributed by atoms with Crippen molar-refractivity contribution in [2.75, 3.05) is 13.9 Å². The minimum atomic E-state index is -4.77. The Labute approximate surface area is 246 Å². The van der Waals surface area contributed by atoms with Gasteiger partial charge in [0.1, 0.15) is 28.7 Å². The number of ether oxygens (including phenoxy) is 5. The maximum atomic E-state index is 12.4. The summed E-state index contributed by atoms with van der Waals surface area (Å²) < 4.78 is 63.7. The van der Waals surface area contributed by atoms with Gasteiger partial charge in [-0.05, 0) is 61.4 Å². The van der Waals surface area contributed by atoms with Crippen molar-refractivity contribution in [2.24, 2.45) is 0 Å². The zero-order chi connectivity index (χ0) is 30.3. The zero-order valence-electron chi connectivity index (χ0n) is 23.2. The summed E-state index contributed by atoms with van der Waals surface area (Å²) in [7, 11) is 1.51. The van der Waals surface area contributed by atoms with E-state index in [1.807, 2.05) is 6.92 Å². The summed E-state index contributed by atoms with van der Waals surface area (Å²) in [4.78, 5) is 16.9. The average Bonchev–Trinajstić information content (AvgIpc) is 2.94. The zero-order valence-corrected chi connectivity index (χ0v) is 24.0. The highest BCUT2D eigenvalue weighted by Gasteiger charge is 2.31. The molecular weight excluding hydrogens is 575 g/mol. The summed E-state index contributed by atoms with van der Waals surface area (Å²) in [6.07, 6.45) is -1.79. The molecule has 11 heteroatoms. The number of rotatable bonds is 12. The van der Waals surface area contributed by atoms with Gasteiger partial charge in [-0.25, -0.2) is 0 Å². The molecule has 0 saturated carbocycles. The molecule has 0 aliphatic rings. The van der Waals surface area contributed by atoms with Crippen LogP contribution in [-0.4, -0.2) is 31.2 Å². The van der Waals surface area contributed by atoms with Crippen molar-refractivity contribution in [3.63, 3.8) is 0 Å². The predicted octanol–water partition coefficient (Wildman–Crippen LogP) is 9.02. The van der Waals surface area contributed by atoms with Crippen molar-refractivity contribution >= 4 is 28.5 Å². The molecule has 0 saturated heterocycles. The van der Waals surface area contributed by atoms with E-state index in [1.165, 1.54) is 31.4 Å². The molecule has 0 aliphatic heterocycles. The number of carbonyl (C=O) groups is 1. The van der Waals surface area contributed by atoms with Crippen LogP contribution in [0.25, 0.3) is 22.0 Å². The second kappa shape index (κ2) is 13.7. The van der Waals surface area contributed by atoms with Gasteiger partial charge < -0.3 is 23.7 Å². The molecule has 0 fully saturated rings. The lowest BCUT2D eigenvalue weighted by molar-refractivity contribution is -0.274. The molecule has 1 heterocycles. The van der Waals surface area contributed by atoms with Gasteiger partial charge in [0.15, 0.2) is 0 Å². The third-order valence-corrected chi connectivity index (χ3v) is 6.53. The van der Waals surface area contributed by atoms with E-state index in [-0.39, 0.29) is 18.5 Å². The minimum Gasteiger partial charge on any atom is -0.495 e. The molecule has 0 spiro atoms. The molecule has 0 radical (unpaired) electrons. The standard InChI is InChI=1S/C31H29ClF3NO6/c1-4-5-6-7-28(37)39-18-40-30-24-16-25(32)27(38-3)17-26(24)36-19(2)29(30)20-8-10-21(11-9-20)41-22-12-14-23(15-13-22)42-31(33,34)35/h8-17H,4-7,18H2,1-3H3. The van der Waals surface area contributed by atoms with Gasteiger partial charge in [-0.1, -0.05) is 43.5 Å². The normalized spacial score (nSPS) is 11.3. The molecule has 4 aromatic rings. The van der Waals surface area contributed by atoms with Crippen LogP contribution in [0.5, 0.6) is 28.7 Å². The first-order valence-corrected chi connectivity index (χ1v) is 13.6. The topological polar surface area (TPSA) is 76.1 Å². The van der Waals surface area contributed by atoms with E-state index in [0.717, 1.165) is 24.8 Å². The smallest absolute Gasteiger partial charge is 0.495 e. The van der Waals surface area contributed by atoms with Crippen molar-refractivity contribution in [2.45, 2.75) is 45.9 Å². The van der Waals surface area contributed by atoms with E-state index in [0.29, 0.717) is 56.6 Å². The third-order valence-electron chi connectivity index (χ3n) is 6.24. The fourth-order valence-electron chi connectivity index (χ4n) is 4.28. The van der Waals surface area contributed by atoms with E-state index in [9.17, 15) is 18.0 Å². The van der Waals surface area contributed by atoms with Gasteiger partial charge in [-0.2, -0.15) is 0 Å². The Bertz CT molecular complexity index is 1530. The number of halogens is 4. The van der Waals surface area contributed by atoms with Crippen LogP contribution in [0, 0.1) is 6.92 Å². The quantitative estimate of drug-likeness (QED) is 0.0908. The summed E-state index contributed by atoms with van der Waals surface area (Å²) in [5, 5.41) is 0.961. The Kier molecular flexibility index (Phi) is 10.0. The molecular formula is C31H29ClF3NO6. The highest BCUT2D eigenvalue weighted by atomic mass is 35.5. The van der Waals surface area contributed by atoms with Gasteiger partial charge in [0.2, 0.25) is 6.79 Å². The molecule has 7 nitrogen and oxygen atoms in total. The molecule has 0 unspecified atom stereocenters. The van der Waals surface area contributed by atoms with Crippen molar-refractivity contribution < 1.29 is 41.7 Å². The minimum absolute atomic E-state index is 0.296. The molecule has 0 atom stereocenters. The third kappa shape index (κ3) is 7.97. The Morgan fingerprint density at radius 3 is 2.21 bits per heavy atom. The average molecular weight is 604 g/mol. The summed E-state index contributed by atoms with van der Waals surface area (Å²) in [6.45, 7) is 3.59. The van der Waals surface area contributed by atoms with Gasteiger partial charge >= 0.3 is 12.3 Å². The summed E-state index contributed by atoms with van der Waals surface area (Å²) in [5.41, 5.74) is 2.62. The van der Waals surface area contributed by atoms with E-state index in [4.69, 9.17) is 35.5 Å². The number of benzene rings is 3. The number of esters is 1. The second-order valence-electron chi connectivity index (χ2n) is 9.29. The van der Waals surface area contributed by atoms with E-state index in [1.54, 1.807) is 36.4 Å². The number of methoxy groups -OCH3 is 1. The summed E-state index contributed by atoms with van der Waals surface area (Å²) in [6, 6.07) is 15.5. The number of carbonyl (C=O) groups excluding carboxylic acids is 1. The number of aryl methyl sites for hydroxylation is 1. The van der Waals surface area contributed by atoms with E-state index >= 15 is 0 Å². The van der Waals surface area contributed by atoms with Crippen molar-refractivity contribution in [1.29, 1.82) is 0 Å². The SMILES string of the molecule is CCCCCC(=O)OCOc1c(-c2ccc(Oc3ccc(OC(F)(F)F)cc3)cc2)c(C)nc2cc(OC)c(Cl)cc12. The Morgan fingerprint density at radius 2 is 1.60 bits per heavy atom. The number of aromatic nitrogens is 1. The lowest BCUT2D eigenvalue weighted by Crippen LogP contribution is -2.16. The van der Waals surface area contributed by atoms with Gasteiger partial charge in [0, 0.05) is 29.1 Å². The monoisotopic (exact) mass is 603 g/mol. The maximum Gasteiger partial charge on any atom is 0.573 e. The van der Waals surface area contributed by atoms with Crippen molar-refractivity contribution in [1.82, 2.24) is 4.98 Å². The van der Waals surface area contributed by atoms with Crippen LogP contribution in [0.15, 0.2) is 60.7 Å². The molecule has 0 bridgehead atoms. The van der Waals surface area contributed by atoms with Crippen molar-refractivity contribution in [3.8, 4) is 39.9 Å². The van der Waals surface area contributed by atoms with Crippen LogP contribution in [0.4, 0.5) is 13.2 Å². The predicted molar refractivity (Wildman–Crippen MR) is 152 cm³/mol. The van der Waals surface area contributed by atoms with Crippen LogP contribution in [0.1, 0.15) is 38.3 Å². The second-order valence-corrected chi connectivity index (χ2v) is 9.69. The molecule has 4 rings (SSSR count). The van der Waals surface area contributed by atoms with E-state index < -0.39 is 6.36 Å². The number of alkyl halides is 3. The summed E-state index contributed by atoms with van der Waals surface area (Å²) in [5.74, 6) is 0.967. The highest BCUT2D eigenvalue weighted by molar-refractivity contribution is 6.33. The Morgan fingerprint density at radius 1 is 0.952 bits per heavy atom. The number of hydrogen-bond acceptors (Lipinski definition) is 7. The lowest BCUT2D eigenvalue weighted by Gasteiger charge is -2.18. The van der Waals surface area contributed by atoms with Crippen LogP contribution >= 0.6 is 11.6 Å². The number of unbranched alkanes of at least 4 members (excludes halogenated alkanes) is 2. The van der Waals surface area contributed by atoms with Gasteiger partial charge in [-0.15, -0.1) is 13.2 Å². The first kappa shape index (κ1) is 30.8. The van der Waals surface area contributed by atoms with Crippen LogP contribution < -0.4 is 18.9 Å². The molecule has 0 aliphatic carbocycles. The fourth-order valence-corrected chi connectivity index (χ4v) is 4.52. The molecule has 3 aromatic carbocycles. The van der Waals surface area contributed by atoms with Gasteiger partial charge in [0.05, 0.1) is 17.6 Å². The highest BCUT2D eigenvalue weighted by Crippen LogP contribution is 2.42. The van der Waals surface area contributed by atoms with Crippen LogP contribution in [-0.2, 0) is 9.53 Å². The maximum absolute atomic E-state index is 12.4. The largest absolute Gasteiger partial charge is 0.573 e.